The normalized spacial score (nSPS) is 22.0. The van der Waals surface area contributed by atoms with Crippen LogP contribution in [0.15, 0.2) is 36.5 Å². The van der Waals surface area contributed by atoms with Gasteiger partial charge in [-0.1, -0.05) is 19.1 Å². The first kappa shape index (κ1) is 13.8. The van der Waals surface area contributed by atoms with Gasteiger partial charge in [-0.15, -0.1) is 0 Å². The SMILES string of the molecule is CC1CCNC(C(=O)Nc2cccc(-c3ccn[nH]3)c2)C1. The quantitative estimate of drug-likeness (QED) is 0.810. The predicted molar refractivity (Wildman–Crippen MR) is 82.8 cm³/mol. The summed E-state index contributed by atoms with van der Waals surface area (Å²) in [4.78, 5) is 12.3. The second-order valence-electron chi connectivity index (χ2n) is 5.68. The number of aromatic nitrogens is 2. The standard InChI is InChI=1S/C16H20N4O/c1-11-5-7-17-15(9-11)16(21)19-13-4-2-3-12(10-13)14-6-8-18-20-14/h2-4,6,8,10-11,15,17H,5,7,9H2,1H3,(H,18,20)(H,19,21). The number of piperidine rings is 1. The lowest BCUT2D eigenvalue weighted by molar-refractivity contribution is -0.119. The number of aromatic amines is 1. The summed E-state index contributed by atoms with van der Waals surface area (Å²) >= 11 is 0. The Kier molecular flexibility index (Phi) is 4.01. The number of benzene rings is 1. The molecule has 3 rings (SSSR count). The van der Waals surface area contributed by atoms with E-state index in [-0.39, 0.29) is 11.9 Å². The molecule has 2 atom stereocenters. The number of rotatable bonds is 3. The molecule has 0 spiro atoms. The van der Waals surface area contributed by atoms with Crippen LogP contribution in [0.3, 0.4) is 0 Å². The lowest BCUT2D eigenvalue weighted by Gasteiger charge is -2.27. The van der Waals surface area contributed by atoms with Gasteiger partial charge in [-0.25, -0.2) is 0 Å². The van der Waals surface area contributed by atoms with E-state index in [0.29, 0.717) is 5.92 Å². The monoisotopic (exact) mass is 284 g/mol. The highest BCUT2D eigenvalue weighted by Crippen LogP contribution is 2.21. The molecule has 0 bridgehead atoms. The molecule has 110 valence electrons. The Morgan fingerprint density at radius 2 is 2.29 bits per heavy atom. The van der Waals surface area contributed by atoms with Crippen molar-refractivity contribution in [1.29, 1.82) is 0 Å². The van der Waals surface area contributed by atoms with Crippen molar-refractivity contribution < 1.29 is 4.79 Å². The summed E-state index contributed by atoms with van der Waals surface area (Å²) in [5, 5.41) is 13.2. The molecule has 2 aromatic rings. The van der Waals surface area contributed by atoms with E-state index < -0.39 is 0 Å². The van der Waals surface area contributed by atoms with Crippen LogP contribution in [0.2, 0.25) is 0 Å². The summed E-state index contributed by atoms with van der Waals surface area (Å²) in [5.74, 6) is 0.640. The van der Waals surface area contributed by atoms with Crippen molar-refractivity contribution in [3.8, 4) is 11.3 Å². The lowest BCUT2D eigenvalue weighted by atomic mass is 9.94. The van der Waals surface area contributed by atoms with Gasteiger partial charge in [0.05, 0.1) is 11.7 Å². The van der Waals surface area contributed by atoms with Crippen LogP contribution in [-0.2, 0) is 4.79 Å². The number of nitrogens with one attached hydrogen (secondary N) is 3. The molecule has 1 fully saturated rings. The number of hydrogen-bond acceptors (Lipinski definition) is 3. The van der Waals surface area contributed by atoms with Gasteiger partial charge in [-0.05, 0) is 43.5 Å². The maximum Gasteiger partial charge on any atom is 0.241 e. The van der Waals surface area contributed by atoms with Crippen molar-refractivity contribution in [2.24, 2.45) is 5.92 Å². The summed E-state index contributed by atoms with van der Waals surface area (Å²) in [6, 6.07) is 9.60. The van der Waals surface area contributed by atoms with E-state index in [4.69, 9.17) is 0 Å². The van der Waals surface area contributed by atoms with Gasteiger partial charge < -0.3 is 10.6 Å². The first-order chi connectivity index (χ1) is 10.2. The molecule has 5 heteroatoms. The minimum atomic E-state index is -0.0930. The zero-order chi connectivity index (χ0) is 14.7. The largest absolute Gasteiger partial charge is 0.325 e. The topological polar surface area (TPSA) is 69.8 Å². The van der Waals surface area contributed by atoms with E-state index in [1.54, 1.807) is 6.20 Å². The van der Waals surface area contributed by atoms with Crippen LogP contribution < -0.4 is 10.6 Å². The Morgan fingerprint density at radius 1 is 1.38 bits per heavy atom. The minimum absolute atomic E-state index is 0.0447. The van der Waals surface area contributed by atoms with Gasteiger partial charge in [0.2, 0.25) is 5.91 Å². The highest BCUT2D eigenvalue weighted by molar-refractivity contribution is 5.95. The molecule has 2 heterocycles. The first-order valence-corrected chi connectivity index (χ1v) is 7.36. The highest BCUT2D eigenvalue weighted by atomic mass is 16.2. The number of carbonyl (C=O) groups excluding carboxylic acids is 1. The minimum Gasteiger partial charge on any atom is -0.325 e. The van der Waals surface area contributed by atoms with Crippen LogP contribution >= 0.6 is 0 Å². The molecule has 3 N–H and O–H groups in total. The predicted octanol–water partition coefficient (Wildman–Crippen LogP) is 2.40. The van der Waals surface area contributed by atoms with E-state index in [9.17, 15) is 4.79 Å². The van der Waals surface area contributed by atoms with Crippen LogP contribution in [0.25, 0.3) is 11.3 Å². The molecule has 1 aliphatic rings. The van der Waals surface area contributed by atoms with Crippen molar-refractivity contribution in [2.45, 2.75) is 25.8 Å². The molecule has 1 aromatic heterocycles. The maximum absolute atomic E-state index is 12.3. The van der Waals surface area contributed by atoms with E-state index in [1.165, 1.54) is 0 Å². The number of anilines is 1. The first-order valence-electron chi connectivity index (χ1n) is 7.36. The number of hydrogen-bond donors (Lipinski definition) is 3. The average molecular weight is 284 g/mol. The molecule has 1 saturated heterocycles. The molecule has 0 aliphatic carbocycles. The Balaban J connectivity index is 1.70. The average Bonchev–Trinajstić information content (AvgIpc) is 3.02. The fourth-order valence-electron chi connectivity index (χ4n) is 2.72. The molecule has 1 aromatic carbocycles. The van der Waals surface area contributed by atoms with Crippen molar-refractivity contribution in [2.75, 3.05) is 11.9 Å². The number of carbonyl (C=O) groups is 1. The van der Waals surface area contributed by atoms with Crippen LogP contribution in [0.4, 0.5) is 5.69 Å². The Hall–Kier alpha value is -2.14. The summed E-state index contributed by atoms with van der Waals surface area (Å²) in [5.41, 5.74) is 2.76. The smallest absolute Gasteiger partial charge is 0.241 e. The molecular weight excluding hydrogens is 264 g/mol. The van der Waals surface area contributed by atoms with E-state index in [2.05, 4.69) is 27.8 Å². The van der Waals surface area contributed by atoms with Crippen LogP contribution in [0, 0.1) is 5.92 Å². The fraction of sp³-hybridized carbons (Fsp3) is 0.375. The molecule has 21 heavy (non-hydrogen) atoms. The summed E-state index contributed by atoms with van der Waals surface area (Å²) < 4.78 is 0. The van der Waals surface area contributed by atoms with Crippen LogP contribution in [-0.4, -0.2) is 28.7 Å². The van der Waals surface area contributed by atoms with E-state index in [1.807, 2.05) is 30.3 Å². The Bertz CT molecular complexity index is 608. The van der Waals surface area contributed by atoms with Crippen LogP contribution in [0.1, 0.15) is 19.8 Å². The molecule has 2 unspecified atom stereocenters. The summed E-state index contributed by atoms with van der Waals surface area (Å²) in [6.45, 7) is 3.10. The maximum atomic E-state index is 12.3. The zero-order valence-electron chi connectivity index (χ0n) is 12.1. The zero-order valence-corrected chi connectivity index (χ0v) is 12.1. The summed E-state index contributed by atoms with van der Waals surface area (Å²) in [7, 11) is 0. The molecule has 0 saturated carbocycles. The fourth-order valence-corrected chi connectivity index (χ4v) is 2.72. The molecule has 1 amide bonds. The highest BCUT2D eigenvalue weighted by Gasteiger charge is 2.24. The van der Waals surface area contributed by atoms with E-state index in [0.717, 1.165) is 36.3 Å². The Morgan fingerprint density at radius 3 is 3.05 bits per heavy atom. The van der Waals surface area contributed by atoms with Crippen molar-refractivity contribution in [3.63, 3.8) is 0 Å². The van der Waals surface area contributed by atoms with Crippen molar-refractivity contribution in [3.05, 3.63) is 36.5 Å². The van der Waals surface area contributed by atoms with Gasteiger partial charge in [-0.2, -0.15) is 5.10 Å². The van der Waals surface area contributed by atoms with Crippen molar-refractivity contribution >= 4 is 11.6 Å². The van der Waals surface area contributed by atoms with Gasteiger partial charge >= 0.3 is 0 Å². The van der Waals surface area contributed by atoms with Gasteiger partial charge in [-0.3, -0.25) is 9.89 Å². The number of amides is 1. The second-order valence-corrected chi connectivity index (χ2v) is 5.68. The Labute approximate surface area is 124 Å². The van der Waals surface area contributed by atoms with Gasteiger partial charge in [0, 0.05) is 17.4 Å². The van der Waals surface area contributed by atoms with Gasteiger partial charge in [0.25, 0.3) is 0 Å². The third-order valence-electron chi connectivity index (χ3n) is 3.92. The molecule has 5 nitrogen and oxygen atoms in total. The molecule has 0 radical (unpaired) electrons. The summed E-state index contributed by atoms with van der Waals surface area (Å²) in [6.07, 6.45) is 3.75. The molecular formula is C16H20N4O. The van der Waals surface area contributed by atoms with Gasteiger partial charge in [0.15, 0.2) is 0 Å². The van der Waals surface area contributed by atoms with Gasteiger partial charge in [0.1, 0.15) is 0 Å². The third kappa shape index (κ3) is 3.31. The second kappa shape index (κ2) is 6.10. The number of nitrogens with zero attached hydrogens (tertiary/aromatic N) is 1. The molecule has 1 aliphatic heterocycles. The number of H-pyrrole nitrogens is 1. The van der Waals surface area contributed by atoms with E-state index >= 15 is 0 Å². The third-order valence-corrected chi connectivity index (χ3v) is 3.92. The van der Waals surface area contributed by atoms with Crippen molar-refractivity contribution in [1.82, 2.24) is 15.5 Å². The van der Waals surface area contributed by atoms with Crippen LogP contribution in [0.5, 0.6) is 0 Å². The lowest BCUT2D eigenvalue weighted by Crippen LogP contribution is -2.45.